The van der Waals surface area contributed by atoms with Crippen molar-refractivity contribution < 1.29 is 23.0 Å². The average Bonchev–Trinajstić information content (AvgIpc) is 3.15. The van der Waals surface area contributed by atoms with Gasteiger partial charge in [0.05, 0.1) is 24.3 Å². The highest BCUT2D eigenvalue weighted by Gasteiger charge is 2.41. The number of hydrogen-bond acceptors (Lipinski definition) is 3. The molecule has 132 valence electrons. The first kappa shape index (κ1) is 17.0. The molecule has 1 aromatic rings. The maximum absolute atomic E-state index is 12.6. The Hall–Kier alpha value is -1.89. The molecule has 0 saturated carbocycles. The molecule has 2 aliphatic rings. The van der Waals surface area contributed by atoms with Gasteiger partial charge in [-0.15, -0.1) is 0 Å². The van der Waals surface area contributed by atoms with Crippen LogP contribution in [0.2, 0.25) is 0 Å². The number of alkyl halides is 2. The Morgan fingerprint density at radius 3 is 2.79 bits per heavy atom. The molecule has 2 bridgehead atoms. The Morgan fingerprint density at radius 1 is 1.38 bits per heavy atom. The van der Waals surface area contributed by atoms with Crippen LogP contribution in [0.25, 0.3) is 0 Å². The number of halogens is 2. The number of benzene rings is 1. The molecule has 2 heterocycles. The average molecular weight is 340 g/mol. The summed E-state index contributed by atoms with van der Waals surface area (Å²) in [5.74, 6) is 0.0860. The fraction of sp³-hybridized carbons (Fsp3) is 0.588. The van der Waals surface area contributed by atoms with Gasteiger partial charge < -0.3 is 20.1 Å². The quantitative estimate of drug-likeness (QED) is 0.835. The summed E-state index contributed by atoms with van der Waals surface area (Å²) in [5, 5.41) is 5.79. The molecule has 5 nitrogen and oxygen atoms in total. The number of fused-ring (bicyclic) bond motifs is 2. The van der Waals surface area contributed by atoms with Crippen LogP contribution in [0.15, 0.2) is 24.3 Å². The molecular weight excluding hydrogens is 318 g/mol. The van der Waals surface area contributed by atoms with Crippen LogP contribution in [0.5, 0.6) is 5.75 Å². The summed E-state index contributed by atoms with van der Waals surface area (Å²) in [7, 11) is 0. The van der Waals surface area contributed by atoms with Crippen molar-refractivity contribution in [2.24, 2.45) is 0 Å². The Labute approximate surface area is 139 Å². The van der Waals surface area contributed by atoms with Crippen molar-refractivity contribution >= 4 is 6.03 Å². The van der Waals surface area contributed by atoms with Crippen molar-refractivity contribution in [2.75, 3.05) is 0 Å². The lowest BCUT2D eigenvalue weighted by atomic mass is 9.96. The number of rotatable bonds is 6. The third-order valence-electron chi connectivity index (χ3n) is 4.65. The summed E-state index contributed by atoms with van der Waals surface area (Å²) in [6.07, 6.45) is 3.76. The number of ether oxygens (including phenoxy) is 2. The summed E-state index contributed by atoms with van der Waals surface area (Å²) in [4.78, 5) is 12.3. The predicted molar refractivity (Wildman–Crippen MR) is 84.1 cm³/mol. The minimum absolute atomic E-state index is 0.0220. The molecule has 4 atom stereocenters. The lowest BCUT2D eigenvalue weighted by molar-refractivity contribution is -0.0506. The first-order valence-electron chi connectivity index (χ1n) is 8.33. The van der Waals surface area contributed by atoms with Gasteiger partial charge in [-0.25, -0.2) is 4.79 Å². The second-order valence-electron chi connectivity index (χ2n) is 6.21. The number of nitrogens with one attached hydrogen (secondary N) is 2. The lowest BCUT2D eigenvalue weighted by Crippen LogP contribution is -2.47. The topological polar surface area (TPSA) is 59.6 Å². The molecule has 3 rings (SSSR count). The van der Waals surface area contributed by atoms with E-state index in [2.05, 4.69) is 15.4 Å². The van der Waals surface area contributed by atoms with Crippen molar-refractivity contribution in [1.82, 2.24) is 10.6 Å². The van der Waals surface area contributed by atoms with Gasteiger partial charge in [0.15, 0.2) is 0 Å². The minimum Gasteiger partial charge on any atom is -0.434 e. The summed E-state index contributed by atoms with van der Waals surface area (Å²) in [6, 6.07) is 5.84. The molecule has 0 spiro atoms. The maximum Gasteiger partial charge on any atom is 0.387 e. The van der Waals surface area contributed by atoms with Gasteiger partial charge in [-0.1, -0.05) is 25.1 Å². The second kappa shape index (κ2) is 7.34. The summed E-state index contributed by atoms with van der Waals surface area (Å²) < 4.78 is 35.4. The lowest BCUT2D eigenvalue weighted by Gasteiger charge is -2.24. The molecular formula is C17H22F2N2O3. The molecule has 0 radical (unpaired) electrons. The van der Waals surface area contributed by atoms with Crippen LogP contribution >= 0.6 is 0 Å². The molecule has 0 unspecified atom stereocenters. The highest BCUT2D eigenvalue weighted by molar-refractivity contribution is 5.75. The minimum atomic E-state index is -2.90. The van der Waals surface area contributed by atoms with Crippen LogP contribution in [-0.2, 0) is 4.74 Å². The molecule has 1 aromatic carbocycles. The highest BCUT2D eigenvalue weighted by atomic mass is 19.3. The van der Waals surface area contributed by atoms with Gasteiger partial charge in [-0.3, -0.25) is 0 Å². The van der Waals surface area contributed by atoms with Crippen LogP contribution in [0.4, 0.5) is 13.6 Å². The van der Waals surface area contributed by atoms with Crippen LogP contribution in [0.1, 0.15) is 44.2 Å². The number of amides is 2. The van der Waals surface area contributed by atoms with E-state index in [1.807, 2.05) is 6.92 Å². The molecule has 0 aromatic heterocycles. The van der Waals surface area contributed by atoms with E-state index in [9.17, 15) is 13.6 Å². The van der Waals surface area contributed by atoms with Gasteiger partial charge >= 0.3 is 12.6 Å². The Balaban J connectivity index is 1.63. The first-order chi connectivity index (χ1) is 11.6. The number of hydrogen-bond donors (Lipinski definition) is 2. The van der Waals surface area contributed by atoms with E-state index in [1.54, 1.807) is 18.2 Å². The van der Waals surface area contributed by atoms with Crippen molar-refractivity contribution in [1.29, 1.82) is 0 Å². The summed E-state index contributed by atoms with van der Waals surface area (Å²) in [5.41, 5.74) is 0.541. The molecule has 2 fully saturated rings. The van der Waals surface area contributed by atoms with Gasteiger partial charge in [0.1, 0.15) is 5.75 Å². The molecule has 7 heteroatoms. The fourth-order valence-corrected chi connectivity index (χ4v) is 3.53. The first-order valence-corrected chi connectivity index (χ1v) is 8.33. The zero-order chi connectivity index (χ0) is 17.1. The van der Waals surface area contributed by atoms with Crippen molar-refractivity contribution in [3.05, 3.63) is 29.8 Å². The van der Waals surface area contributed by atoms with E-state index in [1.165, 1.54) is 6.07 Å². The Morgan fingerprint density at radius 2 is 2.17 bits per heavy atom. The van der Waals surface area contributed by atoms with Gasteiger partial charge in [-0.2, -0.15) is 8.78 Å². The van der Waals surface area contributed by atoms with E-state index < -0.39 is 12.7 Å². The smallest absolute Gasteiger partial charge is 0.387 e. The molecule has 0 aliphatic carbocycles. The largest absolute Gasteiger partial charge is 0.434 e. The highest BCUT2D eigenvalue weighted by Crippen LogP contribution is 2.34. The Bertz CT molecular complexity index is 585. The molecule has 2 aliphatic heterocycles. The van der Waals surface area contributed by atoms with E-state index in [-0.39, 0.29) is 30.0 Å². The molecule has 24 heavy (non-hydrogen) atoms. The van der Waals surface area contributed by atoms with Gasteiger partial charge in [0.2, 0.25) is 0 Å². The number of para-hydroxylation sites is 1. The molecule has 2 saturated heterocycles. The van der Waals surface area contributed by atoms with Gasteiger partial charge in [-0.05, 0) is 31.7 Å². The van der Waals surface area contributed by atoms with E-state index in [4.69, 9.17) is 4.74 Å². The van der Waals surface area contributed by atoms with E-state index >= 15 is 0 Å². The van der Waals surface area contributed by atoms with E-state index in [0.717, 1.165) is 19.3 Å². The van der Waals surface area contributed by atoms with Crippen LogP contribution in [0, 0.1) is 0 Å². The van der Waals surface area contributed by atoms with Crippen molar-refractivity contribution in [3.63, 3.8) is 0 Å². The summed E-state index contributed by atoms with van der Waals surface area (Å²) in [6.45, 7) is -1.02. The second-order valence-corrected chi connectivity index (χ2v) is 6.21. The predicted octanol–water partition coefficient (Wildman–Crippen LogP) is 3.36. The zero-order valence-corrected chi connectivity index (χ0v) is 13.5. The standard InChI is InChI=1S/C17H22F2N2O3/c1-2-12(11-5-3-4-6-14(11)24-16(18)19)20-17(22)21-13-9-10-7-8-15(13)23-10/h3-6,10,12-13,15-16H,2,7-9H2,1H3,(H2,20,21,22)/t10-,12+,13+,15-/m1/s1. The molecule has 2 amide bonds. The third kappa shape index (κ3) is 3.77. The fourth-order valence-electron chi connectivity index (χ4n) is 3.53. The van der Waals surface area contributed by atoms with Crippen LogP contribution in [0.3, 0.4) is 0 Å². The zero-order valence-electron chi connectivity index (χ0n) is 13.5. The number of carbonyl (C=O) groups excluding carboxylic acids is 1. The van der Waals surface area contributed by atoms with E-state index in [0.29, 0.717) is 12.0 Å². The number of carbonyl (C=O) groups is 1. The van der Waals surface area contributed by atoms with Gasteiger partial charge in [0.25, 0.3) is 0 Å². The van der Waals surface area contributed by atoms with Gasteiger partial charge in [0, 0.05) is 5.56 Å². The SMILES string of the molecule is CC[C@H](NC(=O)N[C@H]1C[C@H]2CC[C@H]1O2)c1ccccc1OC(F)F. The van der Waals surface area contributed by atoms with Crippen molar-refractivity contribution in [2.45, 2.75) is 63.5 Å². The normalized spacial score (nSPS) is 26.4. The Kier molecular flexibility index (Phi) is 5.18. The molecule has 2 N–H and O–H groups in total. The monoisotopic (exact) mass is 340 g/mol. The number of urea groups is 1. The van der Waals surface area contributed by atoms with Crippen LogP contribution < -0.4 is 15.4 Å². The maximum atomic E-state index is 12.6. The van der Waals surface area contributed by atoms with Crippen LogP contribution in [-0.4, -0.2) is 30.9 Å². The summed E-state index contributed by atoms with van der Waals surface area (Å²) >= 11 is 0. The third-order valence-corrected chi connectivity index (χ3v) is 4.65. The van der Waals surface area contributed by atoms with Crippen molar-refractivity contribution in [3.8, 4) is 5.75 Å².